The summed E-state index contributed by atoms with van der Waals surface area (Å²) in [5.74, 6) is 4.17. The second-order valence-corrected chi connectivity index (χ2v) is 2.96. The standard InChI is InChI=1S/C11H10F2N2O2/c12-9(13)7-15-11(17)10-8(4-2-6-16)3-1-5-14-10/h1,3,5,9,16H,6-7H2,(H,15,17). The van der Waals surface area contributed by atoms with Gasteiger partial charge in [-0.15, -0.1) is 0 Å². The number of nitrogens with zero attached hydrogens (tertiary/aromatic N) is 1. The number of hydrogen-bond donors (Lipinski definition) is 2. The van der Waals surface area contributed by atoms with Gasteiger partial charge in [-0.1, -0.05) is 11.8 Å². The van der Waals surface area contributed by atoms with E-state index in [0.717, 1.165) is 0 Å². The monoisotopic (exact) mass is 240 g/mol. The van der Waals surface area contributed by atoms with Crippen LogP contribution in [0.5, 0.6) is 0 Å². The minimum atomic E-state index is -2.62. The molecule has 0 unspecified atom stereocenters. The Bertz CT molecular complexity index is 452. The predicted octanol–water partition coefficient (Wildman–Crippen LogP) is 0.420. The van der Waals surface area contributed by atoms with Crippen LogP contribution in [0.4, 0.5) is 8.78 Å². The molecular weight excluding hydrogens is 230 g/mol. The third-order valence-electron chi connectivity index (χ3n) is 1.74. The quantitative estimate of drug-likeness (QED) is 0.753. The van der Waals surface area contributed by atoms with Gasteiger partial charge in [0, 0.05) is 6.20 Å². The molecule has 0 saturated heterocycles. The topological polar surface area (TPSA) is 62.2 Å². The molecule has 1 aromatic heterocycles. The minimum absolute atomic E-state index is 0.0332. The molecule has 2 N–H and O–H groups in total. The Morgan fingerprint density at radius 3 is 3.00 bits per heavy atom. The first kappa shape index (κ1) is 13.1. The number of nitrogens with one attached hydrogen (secondary N) is 1. The van der Waals surface area contributed by atoms with Crippen molar-refractivity contribution in [1.82, 2.24) is 10.3 Å². The molecule has 4 nitrogen and oxygen atoms in total. The van der Waals surface area contributed by atoms with Gasteiger partial charge in [0.15, 0.2) is 0 Å². The van der Waals surface area contributed by atoms with E-state index in [9.17, 15) is 13.6 Å². The van der Waals surface area contributed by atoms with E-state index in [-0.39, 0.29) is 17.9 Å². The summed E-state index contributed by atoms with van der Waals surface area (Å²) < 4.78 is 23.8. The van der Waals surface area contributed by atoms with Crippen LogP contribution in [0.2, 0.25) is 0 Å². The Morgan fingerprint density at radius 2 is 2.35 bits per heavy atom. The fourth-order valence-electron chi connectivity index (χ4n) is 1.08. The zero-order valence-corrected chi connectivity index (χ0v) is 8.78. The normalized spacial score (nSPS) is 9.65. The fourth-order valence-corrected chi connectivity index (χ4v) is 1.08. The molecule has 0 saturated carbocycles. The van der Waals surface area contributed by atoms with Gasteiger partial charge >= 0.3 is 0 Å². The molecule has 1 amide bonds. The maximum Gasteiger partial charge on any atom is 0.271 e. The summed E-state index contributed by atoms with van der Waals surface area (Å²) in [5.41, 5.74) is 0.252. The minimum Gasteiger partial charge on any atom is -0.384 e. The molecule has 0 aliphatic rings. The lowest BCUT2D eigenvalue weighted by Crippen LogP contribution is -2.29. The number of aliphatic hydroxyl groups is 1. The number of halogens is 2. The number of carbonyl (C=O) groups excluding carboxylic acids is 1. The molecule has 0 aliphatic carbocycles. The Kier molecular flexibility index (Phi) is 5.04. The van der Waals surface area contributed by atoms with Crippen LogP contribution in [-0.2, 0) is 0 Å². The van der Waals surface area contributed by atoms with Crippen LogP contribution in [0, 0.1) is 11.8 Å². The van der Waals surface area contributed by atoms with Gasteiger partial charge < -0.3 is 10.4 Å². The maximum absolute atomic E-state index is 11.9. The lowest BCUT2D eigenvalue weighted by atomic mass is 10.2. The number of amides is 1. The zero-order chi connectivity index (χ0) is 12.7. The van der Waals surface area contributed by atoms with E-state index in [2.05, 4.69) is 16.8 Å². The predicted molar refractivity (Wildman–Crippen MR) is 56.5 cm³/mol. The highest BCUT2D eigenvalue weighted by molar-refractivity contribution is 5.94. The lowest BCUT2D eigenvalue weighted by molar-refractivity contribution is 0.0886. The molecular formula is C11H10F2N2O2. The molecule has 1 heterocycles. The van der Waals surface area contributed by atoms with E-state index in [1.165, 1.54) is 12.3 Å². The smallest absolute Gasteiger partial charge is 0.271 e. The van der Waals surface area contributed by atoms with Crippen molar-refractivity contribution in [2.75, 3.05) is 13.2 Å². The summed E-state index contributed by atoms with van der Waals surface area (Å²) in [6, 6.07) is 3.08. The van der Waals surface area contributed by atoms with Crippen molar-refractivity contribution in [2.45, 2.75) is 6.43 Å². The van der Waals surface area contributed by atoms with Crippen molar-refractivity contribution in [3.8, 4) is 11.8 Å². The van der Waals surface area contributed by atoms with E-state index in [1.807, 2.05) is 5.32 Å². The van der Waals surface area contributed by atoms with Crippen LogP contribution >= 0.6 is 0 Å². The summed E-state index contributed by atoms with van der Waals surface area (Å²) in [5, 5.41) is 10.6. The van der Waals surface area contributed by atoms with Crippen molar-refractivity contribution in [2.24, 2.45) is 0 Å². The van der Waals surface area contributed by atoms with Crippen molar-refractivity contribution < 1.29 is 18.7 Å². The van der Waals surface area contributed by atoms with E-state index in [1.54, 1.807) is 6.07 Å². The first-order valence-electron chi connectivity index (χ1n) is 4.76. The molecule has 0 bridgehead atoms. The number of carbonyl (C=O) groups is 1. The van der Waals surface area contributed by atoms with E-state index in [4.69, 9.17) is 5.11 Å². The van der Waals surface area contributed by atoms with Crippen molar-refractivity contribution in [3.05, 3.63) is 29.6 Å². The SMILES string of the molecule is O=C(NCC(F)F)c1ncccc1C#CCO. The molecule has 17 heavy (non-hydrogen) atoms. The molecule has 6 heteroatoms. The summed E-state index contributed by atoms with van der Waals surface area (Å²) >= 11 is 0. The van der Waals surface area contributed by atoms with Crippen LogP contribution in [-0.4, -0.2) is 35.6 Å². The molecule has 0 fully saturated rings. The maximum atomic E-state index is 11.9. The van der Waals surface area contributed by atoms with Gasteiger partial charge in [0.05, 0.1) is 12.1 Å². The molecule has 1 rings (SSSR count). The molecule has 0 radical (unpaired) electrons. The average molecular weight is 240 g/mol. The summed E-state index contributed by atoms with van der Waals surface area (Å²) in [6.07, 6.45) is -1.25. The Hall–Kier alpha value is -2.00. The summed E-state index contributed by atoms with van der Waals surface area (Å²) in [7, 11) is 0. The van der Waals surface area contributed by atoms with Crippen molar-refractivity contribution in [1.29, 1.82) is 0 Å². The number of pyridine rings is 1. The molecule has 1 aromatic rings. The number of alkyl halides is 2. The third-order valence-corrected chi connectivity index (χ3v) is 1.74. The largest absolute Gasteiger partial charge is 0.384 e. The third kappa shape index (κ3) is 4.17. The molecule has 0 atom stereocenters. The second kappa shape index (κ2) is 6.55. The summed E-state index contributed by atoms with van der Waals surface area (Å²) in [6.45, 7) is -1.09. The van der Waals surface area contributed by atoms with Gasteiger partial charge in [0.25, 0.3) is 12.3 Å². The highest BCUT2D eigenvalue weighted by Gasteiger charge is 2.12. The van der Waals surface area contributed by atoms with Crippen LogP contribution in [0.15, 0.2) is 18.3 Å². The van der Waals surface area contributed by atoms with Crippen LogP contribution < -0.4 is 5.32 Å². The van der Waals surface area contributed by atoms with Crippen molar-refractivity contribution >= 4 is 5.91 Å². The second-order valence-electron chi connectivity index (χ2n) is 2.96. The van der Waals surface area contributed by atoms with Gasteiger partial charge in [-0.25, -0.2) is 13.8 Å². The van der Waals surface area contributed by atoms with Crippen LogP contribution in [0.3, 0.4) is 0 Å². The van der Waals surface area contributed by atoms with Gasteiger partial charge in [-0.05, 0) is 12.1 Å². The first-order valence-corrected chi connectivity index (χ1v) is 4.76. The first-order chi connectivity index (χ1) is 8.15. The van der Waals surface area contributed by atoms with E-state index < -0.39 is 18.9 Å². The highest BCUT2D eigenvalue weighted by atomic mass is 19.3. The number of hydrogen-bond acceptors (Lipinski definition) is 3. The van der Waals surface area contributed by atoms with Gasteiger partial charge in [-0.2, -0.15) is 0 Å². The van der Waals surface area contributed by atoms with E-state index in [0.29, 0.717) is 0 Å². The number of aliphatic hydroxyl groups excluding tert-OH is 1. The molecule has 0 aliphatic heterocycles. The van der Waals surface area contributed by atoms with Gasteiger partial charge in [0.1, 0.15) is 12.3 Å². The van der Waals surface area contributed by atoms with Crippen LogP contribution in [0.25, 0.3) is 0 Å². The average Bonchev–Trinajstić information content (AvgIpc) is 2.33. The van der Waals surface area contributed by atoms with Crippen LogP contribution in [0.1, 0.15) is 16.1 Å². The van der Waals surface area contributed by atoms with Gasteiger partial charge in [0.2, 0.25) is 0 Å². The Labute approximate surface area is 96.7 Å². The number of rotatable bonds is 3. The fraction of sp³-hybridized carbons (Fsp3) is 0.273. The van der Waals surface area contributed by atoms with E-state index >= 15 is 0 Å². The lowest BCUT2D eigenvalue weighted by Gasteiger charge is -2.04. The Balaban J connectivity index is 2.85. The van der Waals surface area contributed by atoms with Gasteiger partial charge in [-0.3, -0.25) is 4.79 Å². The summed E-state index contributed by atoms with van der Waals surface area (Å²) in [4.78, 5) is 15.3. The highest BCUT2D eigenvalue weighted by Crippen LogP contribution is 2.03. The molecule has 0 aromatic carbocycles. The number of aromatic nitrogens is 1. The zero-order valence-electron chi connectivity index (χ0n) is 8.78. The molecule has 90 valence electrons. The molecule has 0 spiro atoms. The Morgan fingerprint density at radius 1 is 1.59 bits per heavy atom. The van der Waals surface area contributed by atoms with Crippen molar-refractivity contribution in [3.63, 3.8) is 0 Å².